The summed E-state index contributed by atoms with van der Waals surface area (Å²) >= 11 is 0. The number of nitrogens with zero attached hydrogens (tertiary/aromatic N) is 4. The number of carboxylic acids is 1. The zero-order chi connectivity index (χ0) is 29.5. The lowest BCUT2D eigenvalue weighted by Crippen LogP contribution is -2.35. The van der Waals surface area contributed by atoms with Crippen LogP contribution in [-0.4, -0.2) is 57.9 Å². The average Bonchev–Trinajstić information content (AvgIpc) is 3.34. The van der Waals surface area contributed by atoms with E-state index in [1.165, 1.54) is 6.07 Å². The molecule has 220 valence electrons. The maximum absolute atomic E-state index is 14.8. The van der Waals surface area contributed by atoms with Crippen molar-refractivity contribution in [1.29, 1.82) is 5.26 Å². The number of para-hydroxylation sites is 1. The van der Waals surface area contributed by atoms with Crippen molar-refractivity contribution in [3.05, 3.63) is 88.5 Å². The van der Waals surface area contributed by atoms with E-state index in [9.17, 15) is 14.3 Å². The summed E-state index contributed by atoms with van der Waals surface area (Å²) < 4.78 is 35.0. The molecule has 1 N–H and O–H groups in total. The van der Waals surface area contributed by atoms with Crippen molar-refractivity contribution in [3.63, 3.8) is 0 Å². The molecule has 9 nitrogen and oxygen atoms in total. The Balaban J connectivity index is 1.07. The molecule has 7 rings (SSSR count). The number of aromatic carboxylic acids is 1. The maximum atomic E-state index is 14.8. The summed E-state index contributed by atoms with van der Waals surface area (Å²) in [6, 6.07) is 17.4. The summed E-state index contributed by atoms with van der Waals surface area (Å²) in [5.41, 5.74) is 3.56. The van der Waals surface area contributed by atoms with Crippen LogP contribution in [0.2, 0.25) is 0 Å². The highest BCUT2D eigenvalue weighted by atomic mass is 19.1. The highest BCUT2D eigenvalue weighted by molar-refractivity contribution is 5.92. The molecule has 4 heterocycles. The number of rotatable bonds is 7. The van der Waals surface area contributed by atoms with Gasteiger partial charge in [0.05, 0.1) is 47.4 Å². The molecule has 0 amide bonds. The Labute approximate surface area is 248 Å². The smallest absolute Gasteiger partial charge is 0.335 e. The van der Waals surface area contributed by atoms with Crippen LogP contribution in [0.5, 0.6) is 11.5 Å². The quantitative estimate of drug-likeness (QED) is 0.307. The molecule has 43 heavy (non-hydrogen) atoms. The van der Waals surface area contributed by atoms with Crippen LogP contribution in [0.1, 0.15) is 64.2 Å². The third-order valence-electron chi connectivity index (χ3n) is 8.78. The summed E-state index contributed by atoms with van der Waals surface area (Å²) in [6.07, 6.45) is 2.31. The van der Waals surface area contributed by atoms with E-state index in [0.29, 0.717) is 30.2 Å². The summed E-state index contributed by atoms with van der Waals surface area (Å²) in [5, 5.41) is 18.6. The normalized spacial score (nSPS) is 20.5. The first kappa shape index (κ1) is 27.4. The molecule has 0 aliphatic carbocycles. The van der Waals surface area contributed by atoms with Gasteiger partial charge in [-0.3, -0.25) is 4.90 Å². The zero-order valence-electron chi connectivity index (χ0n) is 23.5. The van der Waals surface area contributed by atoms with Crippen LogP contribution in [0.25, 0.3) is 11.0 Å². The number of carboxylic acid groups (broad SMARTS) is 1. The largest absolute Gasteiger partial charge is 0.485 e. The fourth-order valence-corrected chi connectivity index (χ4v) is 6.31. The second kappa shape index (κ2) is 11.3. The number of piperidine rings is 1. The summed E-state index contributed by atoms with van der Waals surface area (Å²) in [6.45, 7) is 3.96. The van der Waals surface area contributed by atoms with Gasteiger partial charge in [0.2, 0.25) is 0 Å². The number of hydrogen-bond acceptors (Lipinski definition) is 7. The van der Waals surface area contributed by atoms with Crippen molar-refractivity contribution >= 4 is 17.0 Å². The van der Waals surface area contributed by atoms with Gasteiger partial charge in [0.1, 0.15) is 18.2 Å². The van der Waals surface area contributed by atoms with Gasteiger partial charge in [-0.05, 0) is 74.7 Å². The second-order valence-corrected chi connectivity index (χ2v) is 11.4. The molecule has 2 fully saturated rings. The molecule has 1 aromatic heterocycles. The third-order valence-corrected chi connectivity index (χ3v) is 8.78. The Morgan fingerprint density at radius 3 is 2.65 bits per heavy atom. The lowest BCUT2D eigenvalue weighted by molar-refractivity contribution is -0.0592. The molecular formula is C33H31FN4O5. The van der Waals surface area contributed by atoms with E-state index in [1.807, 2.05) is 18.2 Å². The van der Waals surface area contributed by atoms with Crippen LogP contribution in [-0.2, 0) is 17.8 Å². The van der Waals surface area contributed by atoms with Crippen LogP contribution in [0.3, 0.4) is 0 Å². The van der Waals surface area contributed by atoms with Crippen LogP contribution in [0.15, 0.2) is 54.6 Å². The third kappa shape index (κ3) is 5.31. The molecule has 0 radical (unpaired) electrons. The van der Waals surface area contributed by atoms with Gasteiger partial charge in [0.15, 0.2) is 17.6 Å². The monoisotopic (exact) mass is 582 g/mol. The van der Waals surface area contributed by atoms with E-state index in [2.05, 4.69) is 15.5 Å². The number of hydrogen-bond donors (Lipinski definition) is 1. The van der Waals surface area contributed by atoms with Gasteiger partial charge in [-0.25, -0.2) is 14.2 Å². The predicted octanol–water partition coefficient (Wildman–Crippen LogP) is 5.43. The first-order valence-electron chi connectivity index (χ1n) is 14.6. The van der Waals surface area contributed by atoms with Gasteiger partial charge in [0.25, 0.3) is 0 Å². The van der Waals surface area contributed by atoms with Crippen molar-refractivity contribution < 1.29 is 28.5 Å². The van der Waals surface area contributed by atoms with Gasteiger partial charge >= 0.3 is 5.97 Å². The Morgan fingerprint density at radius 2 is 1.93 bits per heavy atom. The molecule has 0 unspecified atom stereocenters. The lowest BCUT2D eigenvalue weighted by Gasteiger charge is -2.35. The summed E-state index contributed by atoms with van der Waals surface area (Å²) in [5.74, 6) is 1.06. The molecular weight excluding hydrogens is 551 g/mol. The number of carbonyl (C=O) groups is 1. The fourth-order valence-electron chi connectivity index (χ4n) is 6.31. The molecule has 0 spiro atoms. The van der Waals surface area contributed by atoms with Gasteiger partial charge in [0, 0.05) is 17.7 Å². The molecule has 2 saturated heterocycles. The Hall–Kier alpha value is -4.46. The molecule has 3 aliphatic rings. The number of ether oxygens (including phenoxy) is 3. The van der Waals surface area contributed by atoms with Gasteiger partial charge in [-0.15, -0.1) is 0 Å². The van der Waals surface area contributed by atoms with Crippen molar-refractivity contribution in [2.45, 2.75) is 50.5 Å². The van der Waals surface area contributed by atoms with E-state index < -0.39 is 17.9 Å². The van der Waals surface area contributed by atoms with Gasteiger partial charge in [-0.1, -0.05) is 18.2 Å². The van der Waals surface area contributed by atoms with Crippen molar-refractivity contribution in [3.8, 4) is 17.6 Å². The Bertz CT molecular complexity index is 1740. The number of nitriles is 1. The summed E-state index contributed by atoms with van der Waals surface area (Å²) in [4.78, 5) is 18.9. The number of fused-ring (bicyclic) bond motifs is 2. The van der Waals surface area contributed by atoms with E-state index in [1.54, 1.807) is 30.3 Å². The molecule has 0 bridgehead atoms. The summed E-state index contributed by atoms with van der Waals surface area (Å²) in [7, 11) is 0. The van der Waals surface area contributed by atoms with E-state index in [0.717, 1.165) is 61.4 Å². The molecule has 3 aliphatic heterocycles. The van der Waals surface area contributed by atoms with Crippen LogP contribution >= 0.6 is 0 Å². The fraction of sp³-hybridized carbons (Fsp3) is 0.364. The number of imidazole rings is 1. The minimum atomic E-state index is -0.955. The molecule has 10 heteroatoms. The van der Waals surface area contributed by atoms with Crippen molar-refractivity contribution in [1.82, 2.24) is 14.5 Å². The highest BCUT2D eigenvalue weighted by Gasteiger charge is 2.31. The molecule has 0 saturated carbocycles. The Kier molecular flexibility index (Phi) is 7.21. The SMILES string of the molecule is N#Cc1ccc([C@H]2COc3cccc(C4CCN(Cc5nc6ccc(C(=O)O)cc6n5C[C@@H]5CCO5)CC4)c3O2)c(F)c1. The lowest BCUT2D eigenvalue weighted by atomic mass is 9.88. The van der Waals surface area contributed by atoms with Gasteiger partial charge in [-0.2, -0.15) is 5.26 Å². The predicted molar refractivity (Wildman–Crippen MR) is 155 cm³/mol. The Morgan fingerprint density at radius 1 is 1.09 bits per heavy atom. The van der Waals surface area contributed by atoms with E-state index in [4.69, 9.17) is 24.5 Å². The topological polar surface area (TPSA) is 110 Å². The second-order valence-electron chi connectivity index (χ2n) is 11.4. The number of aromatic nitrogens is 2. The number of likely N-dealkylation sites (tertiary alicyclic amines) is 1. The minimum absolute atomic E-state index is 0.114. The molecule has 4 aromatic rings. The van der Waals surface area contributed by atoms with Crippen LogP contribution < -0.4 is 9.47 Å². The first-order chi connectivity index (χ1) is 21.0. The van der Waals surface area contributed by atoms with E-state index in [-0.39, 0.29) is 29.8 Å². The molecule has 2 atom stereocenters. The standard InChI is InChI=1S/C33H31FN4O5/c34-26-14-20(16-35)4-6-25(26)30-19-42-29-3-1-2-24(32(29)43-30)21-8-11-37(12-9-21)18-31-36-27-7-5-22(33(39)40)15-28(27)38(31)17-23-10-13-41-23/h1-7,14-15,21,23,30H,8-13,17-19H2,(H,39,40)/t23-,30+/m0/s1. The van der Waals surface area contributed by atoms with Crippen LogP contribution in [0.4, 0.5) is 4.39 Å². The molecule has 3 aromatic carbocycles. The maximum Gasteiger partial charge on any atom is 0.335 e. The number of benzene rings is 3. The van der Waals surface area contributed by atoms with Crippen LogP contribution in [0, 0.1) is 17.1 Å². The van der Waals surface area contributed by atoms with Gasteiger partial charge < -0.3 is 23.9 Å². The zero-order valence-corrected chi connectivity index (χ0v) is 23.5. The number of halogens is 1. The average molecular weight is 583 g/mol. The highest BCUT2D eigenvalue weighted by Crippen LogP contribution is 2.45. The van der Waals surface area contributed by atoms with E-state index >= 15 is 0 Å². The first-order valence-corrected chi connectivity index (χ1v) is 14.6. The van der Waals surface area contributed by atoms with Crippen molar-refractivity contribution in [2.24, 2.45) is 0 Å². The minimum Gasteiger partial charge on any atom is -0.485 e. The van der Waals surface area contributed by atoms with Crippen molar-refractivity contribution in [2.75, 3.05) is 26.3 Å².